The summed E-state index contributed by atoms with van der Waals surface area (Å²) in [5, 5.41) is 5.09. The van der Waals surface area contributed by atoms with Gasteiger partial charge in [0.25, 0.3) is 5.91 Å². The van der Waals surface area contributed by atoms with E-state index in [0.717, 1.165) is 37.4 Å². The molecule has 0 saturated carbocycles. The van der Waals surface area contributed by atoms with E-state index < -0.39 is 0 Å². The van der Waals surface area contributed by atoms with E-state index in [1.54, 1.807) is 14.0 Å². The summed E-state index contributed by atoms with van der Waals surface area (Å²) in [7, 11) is 1.54. The van der Waals surface area contributed by atoms with Gasteiger partial charge in [-0.25, -0.2) is 0 Å². The molecule has 7 nitrogen and oxygen atoms in total. The molecule has 130 valence electrons. The molecule has 2 rings (SSSR count). The summed E-state index contributed by atoms with van der Waals surface area (Å²) in [5.74, 6) is -0.233. The number of nitrogens with zero attached hydrogens (tertiary/aromatic N) is 1. The first kappa shape index (κ1) is 17.9. The number of carbonyl (C=O) groups excluding carboxylic acids is 3. The second-order valence-corrected chi connectivity index (χ2v) is 5.97. The van der Waals surface area contributed by atoms with Crippen molar-refractivity contribution in [1.29, 1.82) is 0 Å². The van der Waals surface area contributed by atoms with Crippen LogP contribution in [0.5, 0.6) is 0 Å². The number of hydrogen-bond donors (Lipinski definition) is 3. The van der Waals surface area contributed by atoms with Crippen LogP contribution in [0.3, 0.4) is 0 Å². The summed E-state index contributed by atoms with van der Waals surface area (Å²) in [4.78, 5) is 37.7. The van der Waals surface area contributed by atoms with Crippen LogP contribution in [0.1, 0.15) is 17.3 Å². The van der Waals surface area contributed by atoms with Crippen LogP contribution in [-0.2, 0) is 9.59 Å². The molecule has 0 radical (unpaired) electrons. The monoisotopic (exact) mass is 333 g/mol. The lowest BCUT2D eigenvalue weighted by Gasteiger charge is -2.33. The van der Waals surface area contributed by atoms with Crippen molar-refractivity contribution >= 4 is 23.3 Å². The molecule has 0 aliphatic carbocycles. The zero-order valence-electron chi connectivity index (χ0n) is 14.2. The maximum atomic E-state index is 11.8. The Morgan fingerprint density at radius 2 is 1.71 bits per heavy atom. The van der Waals surface area contributed by atoms with E-state index in [-0.39, 0.29) is 24.1 Å². The number of ketones is 1. The molecule has 24 heavy (non-hydrogen) atoms. The van der Waals surface area contributed by atoms with Gasteiger partial charge in [0.1, 0.15) is 0 Å². The Hall–Kier alpha value is -2.41. The zero-order valence-corrected chi connectivity index (χ0v) is 14.2. The predicted molar refractivity (Wildman–Crippen MR) is 91.3 cm³/mol. The van der Waals surface area contributed by atoms with Gasteiger partial charge in [-0.15, -0.1) is 0 Å². The Kier molecular flexibility index (Phi) is 6.31. The van der Waals surface area contributed by atoms with Crippen LogP contribution in [0.4, 0.5) is 5.69 Å². The zero-order chi connectivity index (χ0) is 17.5. The fourth-order valence-corrected chi connectivity index (χ4v) is 2.72. The maximum Gasteiger partial charge on any atom is 0.275 e. The summed E-state index contributed by atoms with van der Waals surface area (Å²) in [6.07, 6.45) is 0. The number of anilines is 1. The Bertz CT molecular complexity index is 592. The Labute approximate surface area is 142 Å². The molecule has 0 aromatic heterocycles. The summed E-state index contributed by atoms with van der Waals surface area (Å²) in [6.45, 7) is 5.41. The van der Waals surface area contributed by atoms with Crippen LogP contribution in [0.15, 0.2) is 24.3 Å². The molecule has 1 aliphatic heterocycles. The van der Waals surface area contributed by atoms with E-state index in [2.05, 4.69) is 15.5 Å². The molecule has 2 amide bonds. The molecule has 1 saturated heterocycles. The highest BCUT2D eigenvalue weighted by Crippen LogP contribution is 2.15. The van der Waals surface area contributed by atoms with E-state index in [1.165, 1.54) is 4.90 Å². The number of nitrogens with one attached hydrogen (secondary N) is 3. The van der Waals surface area contributed by atoms with Gasteiger partial charge in [-0.2, -0.15) is 0 Å². The molecule has 0 bridgehead atoms. The lowest BCUT2D eigenvalue weighted by Crippen LogP contribution is -3.16. The van der Waals surface area contributed by atoms with Crippen LogP contribution in [-0.4, -0.2) is 63.9 Å². The molecular weight excluding hydrogens is 308 g/mol. The fourth-order valence-electron chi connectivity index (χ4n) is 2.72. The molecule has 0 unspecified atom stereocenters. The number of hydrogen-bond acceptors (Lipinski definition) is 4. The molecule has 1 aromatic rings. The average molecular weight is 333 g/mol. The van der Waals surface area contributed by atoms with Crippen molar-refractivity contribution in [2.45, 2.75) is 6.92 Å². The van der Waals surface area contributed by atoms with E-state index in [0.29, 0.717) is 6.54 Å². The third-order valence-electron chi connectivity index (χ3n) is 4.25. The normalized spacial score (nSPS) is 15.0. The minimum Gasteiger partial charge on any atom is -0.360 e. The first-order valence-electron chi connectivity index (χ1n) is 8.16. The smallest absolute Gasteiger partial charge is 0.275 e. The number of Topliss-reactive ketones (excluding diaryl/α,β-unsaturated/α-hetero) is 1. The lowest BCUT2D eigenvalue weighted by atomic mass is 10.1. The van der Waals surface area contributed by atoms with Gasteiger partial charge >= 0.3 is 0 Å². The summed E-state index contributed by atoms with van der Waals surface area (Å²) in [5.41, 5.74) is 1.82. The number of likely N-dealkylation sites (N-methyl/N-ethyl adjacent to an activating group) is 1. The number of rotatable bonds is 6. The predicted octanol–water partition coefficient (Wildman–Crippen LogP) is -1.54. The molecule has 7 heteroatoms. The fraction of sp³-hybridized carbons (Fsp3) is 0.471. The van der Waals surface area contributed by atoms with Crippen molar-refractivity contribution in [2.24, 2.45) is 0 Å². The molecule has 1 heterocycles. The largest absolute Gasteiger partial charge is 0.360 e. The van der Waals surface area contributed by atoms with Crippen LogP contribution >= 0.6 is 0 Å². The summed E-state index contributed by atoms with van der Waals surface area (Å²) in [6, 6.07) is 7.64. The van der Waals surface area contributed by atoms with Gasteiger partial charge in [-0.05, 0) is 31.2 Å². The van der Waals surface area contributed by atoms with Crippen molar-refractivity contribution in [3.63, 3.8) is 0 Å². The van der Waals surface area contributed by atoms with Crippen molar-refractivity contribution < 1.29 is 19.3 Å². The molecule has 1 aromatic carbocycles. The minimum absolute atomic E-state index is 0.0250. The van der Waals surface area contributed by atoms with Crippen LogP contribution in [0.2, 0.25) is 0 Å². The van der Waals surface area contributed by atoms with E-state index in [1.807, 2.05) is 24.3 Å². The van der Waals surface area contributed by atoms with Gasteiger partial charge in [0.15, 0.2) is 12.3 Å². The first-order chi connectivity index (χ1) is 11.5. The molecule has 0 spiro atoms. The topological polar surface area (TPSA) is 82.9 Å². The quantitative estimate of drug-likeness (QED) is 0.551. The first-order valence-corrected chi connectivity index (χ1v) is 8.16. The standard InChI is InChI=1S/C17H24N4O3/c1-13(22)14-3-5-15(6-4-14)21-9-7-20(8-10-21)12-17(24)19-11-16(23)18-2/h3-6H,7-12H2,1-2H3,(H,18,23)(H,19,24)/p+1. The Morgan fingerprint density at radius 1 is 1.08 bits per heavy atom. The summed E-state index contributed by atoms with van der Waals surface area (Å²) < 4.78 is 0. The van der Waals surface area contributed by atoms with Gasteiger partial charge in [0, 0.05) is 18.3 Å². The third-order valence-corrected chi connectivity index (χ3v) is 4.25. The number of piperazine rings is 1. The average Bonchev–Trinajstić information content (AvgIpc) is 2.60. The lowest BCUT2D eigenvalue weighted by molar-refractivity contribution is -0.892. The number of benzene rings is 1. The maximum absolute atomic E-state index is 11.8. The summed E-state index contributed by atoms with van der Waals surface area (Å²) >= 11 is 0. The SMILES string of the molecule is CNC(=O)CNC(=O)C[NH+]1CCN(c2ccc(C(C)=O)cc2)CC1. The Morgan fingerprint density at radius 3 is 2.25 bits per heavy atom. The number of carbonyl (C=O) groups is 3. The van der Waals surface area contributed by atoms with Crippen molar-refractivity contribution in [2.75, 3.05) is 51.2 Å². The minimum atomic E-state index is -0.197. The van der Waals surface area contributed by atoms with Crippen LogP contribution < -0.4 is 20.4 Å². The van der Waals surface area contributed by atoms with Crippen molar-refractivity contribution in [1.82, 2.24) is 10.6 Å². The Balaban J connectivity index is 1.77. The van der Waals surface area contributed by atoms with E-state index in [4.69, 9.17) is 0 Å². The molecule has 0 atom stereocenters. The molecular formula is C17H25N4O3+. The second kappa shape index (κ2) is 8.44. The third kappa shape index (κ3) is 5.06. The van der Waals surface area contributed by atoms with Gasteiger partial charge in [-0.1, -0.05) is 0 Å². The molecule has 1 fully saturated rings. The highest BCUT2D eigenvalue weighted by Gasteiger charge is 2.22. The molecule has 3 N–H and O–H groups in total. The number of quaternary nitrogens is 1. The van der Waals surface area contributed by atoms with E-state index >= 15 is 0 Å². The van der Waals surface area contributed by atoms with Crippen molar-refractivity contribution in [3.05, 3.63) is 29.8 Å². The van der Waals surface area contributed by atoms with Gasteiger partial charge in [0.05, 0.1) is 32.7 Å². The number of amides is 2. The van der Waals surface area contributed by atoms with Crippen LogP contribution in [0.25, 0.3) is 0 Å². The molecule has 1 aliphatic rings. The second-order valence-electron chi connectivity index (χ2n) is 5.97. The van der Waals surface area contributed by atoms with E-state index in [9.17, 15) is 14.4 Å². The van der Waals surface area contributed by atoms with Gasteiger partial charge in [-0.3, -0.25) is 14.4 Å². The van der Waals surface area contributed by atoms with Gasteiger partial charge in [0.2, 0.25) is 5.91 Å². The van der Waals surface area contributed by atoms with Gasteiger partial charge < -0.3 is 20.4 Å². The van der Waals surface area contributed by atoms with Crippen molar-refractivity contribution in [3.8, 4) is 0 Å². The highest BCUT2D eigenvalue weighted by atomic mass is 16.2. The van der Waals surface area contributed by atoms with Crippen LogP contribution in [0, 0.1) is 0 Å². The highest BCUT2D eigenvalue weighted by molar-refractivity contribution is 5.94.